The van der Waals surface area contributed by atoms with Crippen LogP contribution in [0.4, 0.5) is 5.69 Å². The molecule has 1 amide bonds. The van der Waals surface area contributed by atoms with Crippen LogP contribution in [-0.4, -0.2) is 15.9 Å². The number of anilines is 1. The molecule has 0 aliphatic carbocycles. The predicted octanol–water partition coefficient (Wildman–Crippen LogP) is 3.00. The molecule has 0 saturated carbocycles. The molecule has 0 spiro atoms. The summed E-state index contributed by atoms with van der Waals surface area (Å²) in [5.41, 5.74) is 8.62. The van der Waals surface area contributed by atoms with Crippen molar-refractivity contribution >= 4 is 11.6 Å². The van der Waals surface area contributed by atoms with E-state index in [1.165, 1.54) is 0 Å². The molecular formula is C17H20N4O. The van der Waals surface area contributed by atoms with E-state index < -0.39 is 0 Å². The van der Waals surface area contributed by atoms with Gasteiger partial charge in [0.15, 0.2) is 0 Å². The van der Waals surface area contributed by atoms with Crippen LogP contribution in [0.3, 0.4) is 0 Å². The van der Waals surface area contributed by atoms with Gasteiger partial charge in [0, 0.05) is 18.2 Å². The molecule has 1 aliphatic rings. The number of carbonyl (C=O) groups is 1. The smallest absolute Gasteiger partial charge is 0.224 e. The lowest BCUT2D eigenvalue weighted by molar-refractivity contribution is -0.116. The van der Waals surface area contributed by atoms with Crippen molar-refractivity contribution in [1.29, 1.82) is 0 Å². The largest absolute Gasteiger partial charge is 0.347 e. The Kier molecular flexibility index (Phi) is 4.06. The highest BCUT2D eigenvalue weighted by atomic mass is 16.1. The van der Waals surface area contributed by atoms with Crippen molar-refractivity contribution in [2.24, 2.45) is 11.7 Å². The van der Waals surface area contributed by atoms with E-state index in [-0.39, 0.29) is 17.9 Å². The number of rotatable bonds is 0. The third-order valence-electron chi connectivity index (χ3n) is 3.79. The van der Waals surface area contributed by atoms with Gasteiger partial charge >= 0.3 is 0 Å². The maximum absolute atomic E-state index is 12.2. The monoisotopic (exact) mass is 296 g/mol. The molecule has 3 rings (SSSR count). The second-order valence-electron chi connectivity index (χ2n) is 5.72. The number of fused-ring (bicyclic) bond motifs is 4. The molecule has 114 valence electrons. The van der Waals surface area contributed by atoms with Crippen molar-refractivity contribution < 1.29 is 4.79 Å². The molecule has 0 saturated heterocycles. The van der Waals surface area contributed by atoms with Gasteiger partial charge in [-0.3, -0.25) is 4.79 Å². The Morgan fingerprint density at radius 2 is 2.14 bits per heavy atom. The number of nitrogens with one attached hydrogen (secondary N) is 2. The highest BCUT2D eigenvalue weighted by molar-refractivity contribution is 5.95. The van der Waals surface area contributed by atoms with E-state index >= 15 is 0 Å². The lowest BCUT2D eigenvalue weighted by Gasteiger charge is -2.11. The minimum Gasteiger partial charge on any atom is -0.347 e. The summed E-state index contributed by atoms with van der Waals surface area (Å²) in [7, 11) is 0. The van der Waals surface area contributed by atoms with E-state index in [4.69, 9.17) is 5.73 Å². The predicted molar refractivity (Wildman–Crippen MR) is 87.1 cm³/mol. The second-order valence-corrected chi connectivity index (χ2v) is 5.72. The zero-order chi connectivity index (χ0) is 15.5. The van der Waals surface area contributed by atoms with Crippen LogP contribution >= 0.6 is 0 Å². The highest BCUT2D eigenvalue weighted by Crippen LogP contribution is 2.28. The summed E-state index contributed by atoms with van der Waals surface area (Å²) in [6.07, 6.45) is 7.03. The van der Waals surface area contributed by atoms with Crippen LogP contribution in [0, 0.1) is 5.92 Å². The topological polar surface area (TPSA) is 83.8 Å². The maximum Gasteiger partial charge on any atom is 0.224 e. The summed E-state index contributed by atoms with van der Waals surface area (Å²) in [5.74, 6) is 0.933. The van der Waals surface area contributed by atoms with Gasteiger partial charge in [0.2, 0.25) is 5.91 Å². The Bertz CT molecular complexity index is 704. The van der Waals surface area contributed by atoms with Crippen LogP contribution in [-0.2, 0) is 4.79 Å². The van der Waals surface area contributed by atoms with Crippen LogP contribution < -0.4 is 11.1 Å². The van der Waals surface area contributed by atoms with Gasteiger partial charge in [-0.1, -0.05) is 37.3 Å². The lowest BCUT2D eigenvalue weighted by Crippen LogP contribution is -2.15. The Hall–Kier alpha value is -2.40. The fourth-order valence-corrected chi connectivity index (χ4v) is 2.61. The summed E-state index contributed by atoms with van der Waals surface area (Å²) in [5, 5.41) is 2.98. The fourth-order valence-electron chi connectivity index (χ4n) is 2.61. The first kappa shape index (κ1) is 14.5. The number of aromatic amines is 1. The van der Waals surface area contributed by atoms with E-state index in [1.54, 1.807) is 0 Å². The number of hydrogen-bond acceptors (Lipinski definition) is 3. The molecule has 5 nitrogen and oxygen atoms in total. The van der Waals surface area contributed by atoms with Crippen LogP contribution in [0.1, 0.15) is 31.6 Å². The third kappa shape index (κ3) is 3.09. The number of imidazole rings is 1. The summed E-state index contributed by atoms with van der Waals surface area (Å²) in [6, 6.07) is 7.50. The summed E-state index contributed by atoms with van der Waals surface area (Å²) in [4.78, 5) is 19.9. The first-order chi connectivity index (χ1) is 10.6. The van der Waals surface area contributed by atoms with Gasteiger partial charge in [0.05, 0.1) is 17.4 Å². The Morgan fingerprint density at radius 3 is 3.00 bits per heavy atom. The Balaban J connectivity index is 2.03. The minimum atomic E-state index is -0.172. The van der Waals surface area contributed by atoms with Gasteiger partial charge in [0.1, 0.15) is 5.82 Å². The standard InChI is InChI=1S/C17H20N4O/c1-11-5-4-7-13(18)17-19-10-15(21-17)12-6-2-3-8-14(12)20-16(22)9-11/h2-6,8,10-11,13H,7,9,18H2,1H3,(H,19,21)(H,20,22)/b5-4-/t11?,13-/m0/s1. The van der Waals surface area contributed by atoms with Crippen molar-refractivity contribution in [2.45, 2.75) is 25.8 Å². The van der Waals surface area contributed by atoms with E-state index in [2.05, 4.69) is 15.3 Å². The molecular weight excluding hydrogens is 276 g/mol. The number of H-pyrrole nitrogens is 1. The van der Waals surface area contributed by atoms with E-state index in [1.807, 2.05) is 49.5 Å². The number of nitrogens with two attached hydrogens (primary N) is 1. The van der Waals surface area contributed by atoms with Gasteiger partial charge < -0.3 is 16.0 Å². The number of carbonyl (C=O) groups excluding carboxylic acids is 1. The summed E-state index contributed by atoms with van der Waals surface area (Å²) >= 11 is 0. The van der Waals surface area contributed by atoms with Crippen LogP contribution in [0.15, 0.2) is 42.6 Å². The van der Waals surface area contributed by atoms with Crippen molar-refractivity contribution in [2.75, 3.05) is 5.32 Å². The van der Waals surface area contributed by atoms with E-state index in [0.29, 0.717) is 12.8 Å². The summed E-state index contributed by atoms with van der Waals surface area (Å²) in [6.45, 7) is 2.03. The molecule has 2 bridgehead atoms. The van der Waals surface area contributed by atoms with Gasteiger partial charge in [-0.15, -0.1) is 0 Å². The van der Waals surface area contributed by atoms with E-state index in [0.717, 1.165) is 22.8 Å². The maximum atomic E-state index is 12.2. The minimum absolute atomic E-state index is 0.00362. The Labute approximate surface area is 129 Å². The van der Waals surface area contributed by atoms with Crippen LogP contribution in [0.5, 0.6) is 0 Å². The Morgan fingerprint density at radius 1 is 1.32 bits per heavy atom. The average Bonchev–Trinajstić information content (AvgIpc) is 2.96. The molecule has 0 radical (unpaired) electrons. The van der Waals surface area contributed by atoms with Gasteiger partial charge in [-0.25, -0.2) is 4.98 Å². The number of nitrogens with zero attached hydrogens (tertiary/aromatic N) is 1. The SMILES string of the molecule is CC1/C=C\C[C@H](N)c2nc(c[nH]2)-c2ccccc2NC(=O)C1. The van der Waals surface area contributed by atoms with Crippen molar-refractivity contribution in [3.8, 4) is 11.3 Å². The molecule has 1 aromatic heterocycles. The van der Waals surface area contributed by atoms with Gasteiger partial charge in [-0.05, 0) is 18.4 Å². The molecule has 1 aliphatic heterocycles. The molecule has 1 unspecified atom stereocenters. The molecule has 0 fully saturated rings. The molecule has 22 heavy (non-hydrogen) atoms. The first-order valence-corrected chi connectivity index (χ1v) is 7.50. The number of para-hydroxylation sites is 1. The van der Waals surface area contributed by atoms with Crippen LogP contribution in [0.2, 0.25) is 0 Å². The number of amides is 1. The quantitative estimate of drug-likeness (QED) is 0.653. The highest BCUT2D eigenvalue weighted by Gasteiger charge is 2.15. The molecule has 5 heteroatoms. The zero-order valence-corrected chi connectivity index (χ0v) is 12.5. The number of benzene rings is 1. The second kappa shape index (κ2) is 6.15. The average molecular weight is 296 g/mol. The molecule has 2 heterocycles. The normalized spacial score (nSPS) is 23.5. The van der Waals surface area contributed by atoms with Crippen molar-refractivity contribution in [3.63, 3.8) is 0 Å². The summed E-state index contributed by atoms with van der Waals surface area (Å²) < 4.78 is 0. The van der Waals surface area contributed by atoms with Gasteiger partial charge in [0.25, 0.3) is 0 Å². The van der Waals surface area contributed by atoms with Gasteiger partial charge in [-0.2, -0.15) is 0 Å². The zero-order valence-electron chi connectivity index (χ0n) is 12.5. The molecule has 1 aromatic carbocycles. The van der Waals surface area contributed by atoms with Crippen LogP contribution in [0.25, 0.3) is 11.3 Å². The van der Waals surface area contributed by atoms with Crippen molar-refractivity contribution in [1.82, 2.24) is 9.97 Å². The molecule has 2 aromatic rings. The number of allylic oxidation sites excluding steroid dienone is 1. The van der Waals surface area contributed by atoms with Crippen molar-refractivity contribution in [3.05, 3.63) is 48.4 Å². The lowest BCUT2D eigenvalue weighted by atomic mass is 10.0. The third-order valence-corrected chi connectivity index (χ3v) is 3.79. The molecule has 4 N–H and O–H groups in total. The van der Waals surface area contributed by atoms with E-state index in [9.17, 15) is 4.79 Å². The fraction of sp³-hybridized carbons (Fsp3) is 0.294. The first-order valence-electron chi connectivity index (χ1n) is 7.50. The molecule has 2 atom stereocenters. The number of hydrogen-bond donors (Lipinski definition) is 3. The number of aromatic nitrogens is 2.